The lowest BCUT2D eigenvalue weighted by molar-refractivity contribution is 0.0689. The lowest BCUT2D eigenvalue weighted by Gasteiger charge is -2.07. The summed E-state index contributed by atoms with van der Waals surface area (Å²) in [5.74, 6) is -0.943. The van der Waals surface area contributed by atoms with Crippen LogP contribution in [0.25, 0.3) is 5.65 Å². The van der Waals surface area contributed by atoms with Crippen molar-refractivity contribution in [2.24, 2.45) is 0 Å². The van der Waals surface area contributed by atoms with Gasteiger partial charge in [0.1, 0.15) is 5.65 Å². The van der Waals surface area contributed by atoms with E-state index in [-0.39, 0.29) is 11.6 Å². The van der Waals surface area contributed by atoms with Crippen LogP contribution in [0, 0.1) is 6.92 Å². The van der Waals surface area contributed by atoms with Crippen LogP contribution >= 0.6 is 11.6 Å². The first-order chi connectivity index (χ1) is 7.91. The molecule has 0 aliphatic carbocycles. The SMILES string of the molecule is Cc1cc(Cl)cn2c(C(C)C)c(C(=O)O)nc12. The van der Waals surface area contributed by atoms with Crippen LogP contribution in [0.2, 0.25) is 5.02 Å². The molecule has 4 nitrogen and oxygen atoms in total. The Morgan fingerprint density at radius 1 is 1.53 bits per heavy atom. The quantitative estimate of drug-likeness (QED) is 0.893. The van der Waals surface area contributed by atoms with Crippen LogP contribution in [0.15, 0.2) is 12.3 Å². The van der Waals surface area contributed by atoms with Crippen molar-refractivity contribution in [3.63, 3.8) is 0 Å². The van der Waals surface area contributed by atoms with Crippen LogP contribution in [0.4, 0.5) is 0 Å². The van der Waals surface area contributed by atoms with E-state index < -0.39 is 5.97 Å². The number of fused-ring (bicyclic) bond motifs is 1. The van der Waals surface area contributed by atoms with E-state index in [9.17, 15) is 4.79 Å². The van der Waals surface area contributed by atoms with Gasteiger partial charge < -0.3 is 9.51 Å². The summed E-state index contributed by atoms with van der Waals surface area (Å²) < 4.78 is 1.77. The molecular formula is C12H13ClN2O2. The Labute approximate surface area is 104 Å². The highest BCUT2D eigenvalue weighted by Crippen LogP contribution is 2.25. The molecule has 17 heavy (non-hydrogen) atoms. The second-order valence-electron chi connectivity index (χ2n) is 4.34. The summed E-state index contributed by atoms with van der Waals surface area (Å²) in [4.78, 5) is 15.4. The minimum absolute atomic E-state index is 0.0639. The minimum atomic E-state index is -1.01. The van der Waals surface area contributed by atoms with Gasteiger partial charge in [-0.25, -0.2) is 9.78 Å². The highest BCUT2D eigenvalue weighted by atomic mass is 35.5. The Morgan fingerprint density at radius 2 is 2.18 bits per heavy atom. The average Bonchev–Trinajstić information content (AvgIpc) is 2.56. The molecule has 2 aromatic rings. The molecule has 0 bridgehead atoms. The van der Waals surface area contributed by atoms with Crippen LogP contribution in [-0.2, 0) is 0 Å². The molecule has 0 aromatic carbocycles. The highest BCUT2D eigenvalue weighted by Gasteiger charge is 2.21. The van der Waals surface area contributed by atoms with E-state index in [0.717, 1.165) is 5.56 Å². The lowest BCUT2D eigenvalue weighted by Crippen LogP contribution is -2.05. The number of carboxylic acids is 1. The molecule has 2 rings (SSSR count). The Morgan fingerprint density at radius 3 is 2.71 bits per heavy atom. The van der Waals surface area contributed by atoms with Crippen LogP contribution in [0.1, 0.15) is 41.5 Å². The normalized spacial score (nSPS) is 11.4. The summed E-state index contributed by atoms with van der Waals surface area (Å²) in [7, 11) is 0. The van der Waals surface area contributed by atoms with E-state index in [4.69, 9.17) is 16.7 Å². The van der Waals surface area contributed by atoms with Gasteiger partial charge in [-0.05, 0) is 24.5 Å². The second kappa shape index (κ2) is 4.04. The zero-order chi connectivity index (χ0) is 12.7. The lowest BCUT2D eigenvalue weighted by atomic mass is 10.1. The summed E-state index contributed by atoms with van der Waals surface area (Å²) >= 11 is 5.99. The van der Waals surface area contributed by atoms with Crippen molar-refractivity contribution in [2.45, 2.75) is 26.7 Å². The van der Waals surface area contributed by atoms with Gasteiger partial charge in [0.2, 0.25) is 0 Å². The van der Waals surface area contributed by atoms with E-state index in [1.807, 2.05) is 20.8 Å². The van der Waals surface area contributed by atoms with Crippen LogP contribution < -0.4 is 0 Å². The van der Waals surface area contributed by atoms with Crippen molar-refractivity contribution in [2.75, 3.05) is 0 Å². The molecule has 0 aliphatic heterocycles. The van der Waals surface area contributed by atoms with Gasteiger partial charge in [-0.1, -0.05) is 25.4 Å². The molecule has 0 aliphatic rings. The number of halogens is 1. The van der Waals surface area contributed by atoms with E-state index >= 15 is 0 Å². The number of pyridine rings is 1. The number of hydrogen-bond donors (Lipinski definition) is 1. The van der Waals surface area contributed by atoms with Crippen LogP contribution in [0.5, 0.6) is 0 Å². The maximum atomic E-state index is 11.2. The fraction of sp³-hybridized carbons (Fsp3) is 0.333. The number of nitrogens with zero attached hydrogens (tertiary/aromatic N) is 2. The van der Waals surface area contributed by atoms with Gasteiger partial charge >= 0.3 is 5.97 Å². The van der Waals surface area contributed by atoms with Crippen molar-refractivity contribution in [3.8, 4) is 0 Å². The number of carbonyl (C=O) groups is 1. The maximum Gasteiger partial charge on any atom is 0.356 e. The van der Waals surface area contributed by atoms with Crippen molar-refractivity contribution in [1.29, 1.82) is 0 Å². The summed E-state index contributed by atoms with van der Waals surface area (Å²) in [5, 5.41) is 9.74. The molecule has 0 fully saturated rings. The molecule has 0 atom stereocenters. The summed E-state index contributed by atoms with van der Waals surface area (Å²) in [6.07, 6.45) is 1.71. The predicted molar refractivity (Wildman–Crippen MR) is 66.0 cm³/mol. The molecule has 0 amide bonds. The fourth-order valence-electron chi connectivity index (χ4n) is 2.00. The number of carboxylic acid groups (broad SMARTS) is 1. The van der Waals surface area contributed by atoms with Crippen LogP contribution in [-0.4, -0.2) is 20.5 Å². The number of aromatic nitrogens is 2. The van der Waals surface area contributed by atoms with Crippen molar-refractivity contribution >= 4 is 23.2 Å². The molecule has 0 unspecified atom stereocenters. The Bertz CT molecular complexity index is 602. The van der Waals surface area contributed by atoms with Crippen molar-refractivity contribution in [1.82, 2.24) is 9.38 Å². The van der Waals surface area contributed by atoms with Gasteiger partial charge in [0.15, 0.2) is 5.69 Å². The average molecular weight is 253 g/mol. The number of hydrogen-bond acceptors (Lipinski definition) is 2. The van der Waals surface area contributed by atoms with Gasteiger partial charge in [0, 0.05) is 6.20 Å². The van der Waals surface area contributed by atoms with E-state index in [1.165, 1.54) is 0 Å². The zero-order valence-corrected chi connectivity index (χ0v) is 10.6. The Hall–Kier alpha value is -1.55. The van der Waals surface area contributed by atoms with Gasteiger partial charge in [0.25, 0.3) is 0 Å². The van der Waals surface area contributed by atoms with Crippen molar-refractivity contribution < 1.29 is 9.90 Å². The molecular weight excluding hydrogens is 240 g/mol. The molecule has 1 N–H and O–H groups in total. The van der Waals surface area contributed by atoms with Gasteiger partial charge in [-0.15, -0.1) is 0 Å². The molecule has 90 valence electrons. The Balaban J connectivity index is 2.90. The largest absolute Gasteiger partial charge is 0.476 e. The molecule has 0 saturated heterocycles. The first kappa shape index (κ1) is 11.9. The molecule has 0 radical (unpaired) electrons. The fourth-order valence-corrected chi connectivity index (χ4v) is 2.26. The number of aryl methyl sites for hydroxylation is 1. The van der Waals surface area contributed by atoms with Crippen LogP contribution in [0.3, 0.4) is 0 Å². The van der Waals surface area contributed by atoms with E-state index in [0.29, 0.717) is 16.4 Å². The smallest absolute Gasteiger partial charge is 0.356 e. The highest BCUT2D eigenvalue weighted by molar-refractivity contribution is 6.30. The molecule has 0 saturated carbocycles. The molecule has 2 aromatic heterocycles. The summed E-state index contributed by atoms with van der Waals surface area (Å²) in [6.45, 7) is 5.74. The molecule has 0 spiro atoms. The zero-order valence-electron chi connectivity index (χ0n) is 9.86. The third-order valence-corrected chi connectivity index (χ3v) is 2.86. The predicted octanol–water partition coefficient (Wildman–Crippen LogP) is 3.12. The standard InChI is InChI=1S/C12H13ClN2O2/c1-6(2)10-9(12(16)17)14-11-7(3)4-8(13)5-15(10)11/h4-6H,1-3H3,(H,16,17). The monoisotopic (exact) mass is 252 g/mol. The summed E-state index contributed by atoms with van der Waals surface area (Å²) in [5.41, 5.74) is 2.30. The van der Waals surface area contributed by atoms with E-state index in [2.05, 4.69) is 4.98 Å². The maximum absolute atomic E-state index is 11.2. The second-order valence-corrected chi connectivity index (χ2v) is 4.78. The molecule has 5 heteroatoms. The van der Waals surface area contributed by atoms with Gasteiger partial charge in [0.05, 0.1) is 10.7 Å². The first-order valence-electron chi connectivity index (χ1n) is 5.33. The third kappa shape index (κ3) is 1.89. The van der Waals surface area contributed by atoms with E-state index in [1.54, 1.807) is 16.7 Å². The number of imidazole rings is 1. The topological polar surface area (TPSA) is 54.6 Å². The number of aromatic carboxylic acids is 1. The minimum Gasteiger partial charge on any atom is -0.476 e. The first-order valence-corrected chi connectivity index (χ1v) is 5.71. The Kier molecular flexibility index (Phi) is 2.83. The summed E-state index contributed by atoms with van der Waals surface area (Å²) in [6, 6.07) is 1.78. The third-order valence-electron chi connectivity index (χ3n) is 2.66. The van der Waals surface area contributed by atoms with Gasteiger partial charge in [-0.3, -0.25) is 0 Å². The molecule has 2 heterocycles. The van der Waals surface area contributed by atoms with Crippen molar-refractivity contribution in [3.05, 3.63) is 34.2 Å². The van der Waals surface area contributed by atoms with Gasteiger partial charge in [-0.2, -0.15) is 0 Å². The number of rotatable bonds is 2.